The fourth-order valence-electron chi connectivity index (χ4n) is 9.91. The van der Waals surface area contributed by atoms with E-state index in [0.717, 1.165) is 39.0 Å². The maximum atomic E-state index is 6.78. The normalized spacial score (nSPS) is 14.7. The van der Waals surface area contributed by atoms with E-state index in [0.29, 0.717) is 0 Å². The average Bonchev–Trinajstić information content (AvgIpc) is 3.92. The van der Waals surface area contributed by atoms with Gasteiger partial charge in [-0.15, -0.1) is 0 Å². The van der Waals surface area contributed by atoms with Gasteiger partial charge < -0.3 is 9.32 Å². The van der Waals surface area contributed by atoms with Crippen molar-refractivity contribution in [3.63, 3.8) is 0 Å². The van der Waals surface area contributed by atoms with E-state index in [1.165, 1.54) is 66.8 Å². The standard InChI is InChI=1S/C55H35NO/c1-3-14-36(15-4-1)38-26-30-40(31-27-38)56(41-32-28-39(29-33-41)37-16-5-2-6-17-37)50-24-13-23-48-52(50)44-19-7-10-21-46(44)55(48)47-22-11-8-20-45(47)53-49(55)35-34-43-42-18-9-12-25-51(42)57-54(43)53/h1-35H. The molecule has 1 atom stereocenters. The smallest absolute Gasteiger partial charge is 0.143 e. The van der Waals surface area contributed by atoms with Crippen LogP contribution in [0.1, 0.15) is 22.3 Å². The summed E-state index contributed by atoms with van der Waals surface area (Å²) in [5, 5.41) is 2.30. The third-order valence-electron chi connectivity index (χ3n) is 12.3. The topological polar surface area (TPSA) is 16.4 Å². The van der Waals surface area contributed by atoms with Crippen LogP contribution in [0, 0.1) is 0 Å². The SMILES string of the molecule is c1ccc(-c2ccc(N(c3ccc(-c4ccccc4)cc3)c3cccc4c3-c3ccccc3C43c4ccccc4-c4c3ccc3c4oc4ccccc43)cc2)cc1. The Bertz CT molecular complexity index is 3080. The molecule has 1 unspecified atom stereocenters. The lowest BCUT2D eigenvalue weighted by Crippen LogP contribution is -2.26. The van der Waals surface area contributed by atoms with Crippen LogP contribution < -0.4 is 4.90 Å². The minimum Gasteiger partial charge on any atom is -0.455 e. The van der Waals surface area contributed by atoms with Crippen molar-refractivity contribution in [2.45, 2.75) is 5.41 Å². The van der Waals surface area contributed by atoms with Gasteiger partial charge in [-0.05, 0) is 92.0 Å². The molecule has 2 aliphatic rings. The van der Waals surface area contributed by atoms with Gasteiger partial charge in [0.25, 0.3) is 0 Å². The predicted octanol–water partition coefficient (Wildman–Crippen LogP) is 14.7. The summed E-state index contributed by atoms with van der Waals surface area (Å²) in [7, 11) is 0. The zero-order valence-corrected chi connectivity index (χ0v) is 31.1. The lowest BCUT2D eigenvalue weighted by molar-refractivity contribution is 0.669. The van der Waals surface area contributed by atoms with E-state index in [1.54, 1.807) is 0 Å². The Morgan fingerprint density at radius 3 is 1.46 bits per heavy atom. The summed E-state index contributed by atoms with van der Waals surface area (Å²) in [6.45, 7) is 0. The Morgan fingerprint density at radius 2 is 0.825 bits per heavy atom. The zero-order valence-electron chi connectivity index (χ0n) is 31.1. The van der Waals surface area contributed by atoms with E-state index in [4.69, 9.17) is 4.42 Å². The summed E-state index contributed by atoms with van der Waals surface area (Å²) in [5.74, 6) is 0. The number of benzene rings is 9. The quantitative estimate of drug-likeness (QED) is 0.176. The van der Waals surface area contributed by atoms with Gasteiger partial charge >= 0.3 is 0 Å². The molecule has 0 amide bonds. The Balaban J connectivity index is 1.12. The highest BCUT2D eigenvalue weighted by Gasteiger charge is 2.53. The molecule has 1 aromatic heterocycles. The molecular weight excluding hydrogens is 691 g/mol. The first-order chi connectivity index (χ1) is 28.3. The van der Waals surface area contributed by atoms with Crippen LogP contribution in [0.25, 0.3) is 66.4 Å². The molecule has 12 rings (SSSR count). The van der Waals surface area contributed by atoms with E-state index < -0.39 is 5.41 Å². The minimum atomic E-state index is -0.527. The molecule has 2 aliphatic carbocycles. The molecule has 9 aromatic carbocycles. The fourth-order valence-corrected chi connectivity index (χ4v) is 9.91. The molecule has 0 saturated heterocycles. The Kier molecular flexibility index (Phi) is 6.88. The van der Waals surface area contributed by atoms with Gasteiger partial charge in [-0.1, -0.05) is 176 Å². The summed E-state index contributed by atoms with van der Waals surface area (Å²) < 4.78 is 6.78. The van der Waals surface area contributed by atoms with E-state index >= 15 is 0 Å². The van der Waals surface area contributed by atoms with Crippen molar-refractivity contribution in [2.75, 3.05) is 4.90 Å². The van der Waals surface area contributed by atoms with Gasteiger partial charge in [0.2, 0.25) is 0 Å². The van der Waals surface area contributed by atoms with Crippen LogP contribution in [-0.2, 0) is 5.41 Å². The highest BCUT2D eigenvalue weighted by molar-refractivity contribution is 6.13. The van der Waals surface area contributed by atoms with E-state index in [2.05, 4.69) is 217 Å². The molecule has 57 heavy (non-hydrogen) atoms. The largest absolute Gasteiger partial charge is 0.455 e. The van der Waals surface area contributed by atoms with Crippen LogP contribution in [0.5, 0.6) is 0 Å². The Hall–Kier alpha value is -7.42. The number of rotatable bonds is 5. The first-order valence-electron chi connectivity index (χ1n) is 19.7. The highest BCUT2D eigenvalue weighted by Crippen LogP contribution is 2.65. The molecule has 0 radical (unpaired) electrons. The monoisotopic (exact) mass is 725 g/mol. The third-order valence-corrected chi connectivity index (χ3v) is 12.3. The second-order valence-corrected chi connectivity index (χ2v) is 15.2. The van der Waals surface area contributed by atoms with Crippen molar-refractivity contribution < 1.29 is 4.42 Å². The van der Waals surface area contributed by atoms with Gasteiger partial charge in [0.1, 0.15) is 11.2 Å². The van der Waals surface area contributed by atoms with Gasteiger partial charge in [-0.25, -0.2) is 0 Å². The van der Waals surface area contributed by atoms with Gasteiger partial charge in [-0.3, -0.25) is 0 Å². The molecule has 0 fully saturated rings. The van der Waals surface area contributed by atoms with Crippen molar-refractivity contribution in [1.29, 1.82) is 0 Å². The number of para-hydroxylation sites is 1. The molecule has 2 heteroatoms. The van der Waals surface area contributed by atoms with Gasteiger partial charge in [0.15, 0.2) is 0 Å². The number of hydrogen-bond acceptors (Lipinski definition) is 2. The summed E-state index contributed by atoms with van der Waals surface area (Å²) in [4.78, 5) is 2.45. The van der Waals surface area contributed by atoms with Crippen molar-refractivity contribution in [2.24, 2.45) is 0 Å². The van der Waals surface area contributed by atoms with Crippen molar-refractivity contribution in [3.8, 4) is 44.5 Å². The summed E-state index contributed by atoms with van der Waals surface area (Å²) in [6, 6.07) is 77.3. The summed E-state index contributed by atoms with van der Waals surface area (Å²) >= 11 is 0. The number of hydrogen-bond donors (Lipinski definition) is 0. The van der Waals surface area contributed by atoms with Crippen molar-refractivity contribution in [3.05, 3.63) is 235 Å². The number of anilines is 3. The lowest BCUT2D eigenvalue weighted by Gasteiger charge is -2.32. The number of nitrogens with zero attached hydrogens (tertiary/aromatic N) is 1. The third kappa shape index (κ3) is 4.53. The van der Waals surface area contributed by atoms with Gasteiger partial charge in [0.05, 0.1) is 11.1 Å². The van der Waals surface area contributed by atoms with Crippen LogP contribution in [0.15, 0.2) is 217 Å². The molecule has 0 bridgehead atoms. The first kappa shape index (κ1) is 31.9. The zero-order chi connectivity index (χ0) is 37.5. The first-order valence-corrected chi connectivity index (χ1v) is 19.7. The highest BCUT2D eigenvalue weighted by atomic mass is 16.3. The second-order valence-electron chi connectivity index (χ2n) is 15.2. The van der Waals surface area contributed by atoms with Crippen LogP contribution in [0.2, 0.25) is 0 Å². The van der Waals surface area contributed by atoms with Gasteiger partial charge in [0, 0.05) is 33.3 Å². The summed E-state index contributed by atoms with van der Waals surface area (Å²) in [5.41, 5.74) is 19.6. The molecule has 1 spiro atoms. The summed E-state index contributed by atoms with van der Waals surface area (Å²) in [6.07, 6.45) is 0. The maximum Gasteiger partial charge on any atom is 0.143 e. The molecule has 10 aromatic rings. The van der Waals surface area contributed by atoms with E-state index in [-0.39, 0.29) is 0 Å². The fraction of sp³-hybridized carbons (Fsp3) is 0.0182. The van der Waals surface area contributed by atoms with E-state index in [1.807, 2.05) is 0 Å². The van der Waals surface area contributed by atoms with Crippen molar-refractivity contribution in [1.82, 2.24) is 0 Å². The molecule has 2 nitrogen and oxygen atoms in total. The average molecular weight is 726 g/mol. The molecule has 1 heterocycles. The lowest BCUT2D eigenvalue weighted by atomic mass is 9.70. The minimum absolute atomic E-state index is 0.527. The van der Waals surface area contributed by atoms with Crippen LogP contribution in [0.3, 0.4) is 0 Å². The molecule has 0 saturated carbocycles. The Morgan fingerprint density at radius 1 is 0.333 bits per heavy atom. The number of furan rings is 1. The van der Waals surface area contributed by atoms with E-state index in [9.17, 15) is 0 Å². The van der Waals surface area contributed by atoms with Crippen LogP contribution >= 0.6 is 0 Å². The van der Waals surface area contributed by atoms with Crippen LogP contribution in [-0.4, -0.2) is 0 Å². The predicted molar refractivity (Wildman–Crippen MR) is 236 cm³/mol. The molecule has 0 aliphatic heterocycles. The molecule has 0 N–H and O–H groups in total. The Labute approximate surface area is 331 Å². The number of fused-ring (bicyclic) bond motifs is 14. The molecule has 266 valence electrons. The van der Waals surface area contributed by atoms with Gasteiger partial charge in [-0.2, -0.15) is 0 Å². The van der Waals surface area contributed by atoms with Crippen LogP contribution in [0.4, 0.5) is 17.1 Å². The molecular formula is C55H35NO. The van der Waals surface area contributed by atoms with Crippen molar-refractivity contribution >= 4 is 39.0 Å². The maximum absolute atomic E-state index is 6.78. The second kappa shape index (κ2) is 12.3.